The van der Waals surface area contributed by atoms with Crippen LogP contribution in [0.3, 0.4) is 0 Å². The Hall–Kier alpha value is -2.13. The van der Waals surface area contributed by atoms with Gasteiger partial charge in [-0.2, -0.15) is 0 Å². The second kappa shape index (κ2) is 10.2. The van der Waals surface area contributed by atoms with Crippen molar-refractivity contribution in [2.24, 2.45) is 0 Å². The molecule has 2 aromatic carbocycles. The number of nitrogens with zero attached hydrogens (tertiary/aromatic N) is 2. The van der Waals surface area contributed by atoms with E-state index in [0.717, 1.165) is 68.6 Å². The first-order valence-corrected chi connectivity index (χ1v) is 12.8. The van der Waals surface area contributed by atoms with Crippen LogP contribution in [0.1, 0.15) is 42.4 Å². The SMILES string of the molecule is COCc1ccc(S(=O)(=O)Nc2cc(CN3CCCC3)c(O)c(CN3CCCC3)c2)cc1. The molecule has 8 heteroatoms. The summed E-state index contributed by atoms with van der Waals surface area (Å²) in [6.45, 7) is 5.70. The Bertz CT molecular complexity index is 973. The summed E-state index contributed by atoms with van der Waals surface area (Å²) in [6.07, 6.45) is 4.64. The molecule has 2 heterocycles. The van der Waals surface area contributed by atoms with E-state index in [1.165, 1.54) is 0 Å². The quantitative estimate of drug-likeness (QED) is 0.559. The van der Waals surface area contributed by atoms with Gasteiger partial charge in [-0.05, 0) is 81.7 Å². The second-order valence-corrected chi connectivity index (χ2v) is 10.5. The summed E-state index contributed by atoms with van der Waals surface area (Å²) >= 11 is 0. The second-order valence-electron chi connectivity index (χ2n) is 8.79. The number of sulfonamides is 1. The number of hydrogen-bond acceptors (Lipinski definition) is 6. The zero-order valence-electron chi connectivity index (χ0n) is 18.7. The standard InChI is InChI=1S/C24H33N3O4S/c1-31-18-19-6-8-23(9-7-19)32(29,30)25-22-14-20(16-26-10-2-3-11-26)24(28)21(15-22)17-27-12-4-5-13-27/h6-9,14-15,25,28H,2-5,10-13,16-18H2,1H3. The van der Waals surface area contributed by atoms with Crippen molar-refractivity contribution in [3.63, 3.8) is 0 Å². The van der Waals surface area contributed by atoms with Gasteiger partial charge in [-0.1, -0.05) is 12.1 Å². The van der Waals surface area contributed by atoms with Crippen molar-refractivity contribution in [2.75, 3.05) is 38.0 Å². The fourth-order valence-corrected chi connectivity index (χ4v) is 5.61. The first-order chi connectivity index (χ1) is 15.4. The lowest BCUT2D eigenvalue weighted by Crippen LogP contribution is -2.21. The molecule has 2 saturated heterocycles. The van der Waals surface area contributed by atoms with Crippen molar-refractivity contribution >= 4 is 15.7 Å². The maximum absolute atomic E-state index is 13.0. The molecule has 0 aromatic heterocycles. The Balaban J connectivity index is 1.60. The highest BCUT2D eigenvalue weighted by Crippen LogP contribution is 2.32. The molecule has 2 fully saturated rings. The predicted molar refractivity (Wildman–Crippen MR) is 125 cm³/mol. The normalized spacial score (nSPS) is 17.8. The van der Waals surface area contributed by atoms with Crippen LogP contribution >= 0.6 is 0 Å². The molecule has 7 nitrogen and oxygen atoms in total. The Morgan fingerprint density at radius 3 is 1.88 bits per heavy atom. The van der Waals surface area contributed by atoms with E-state index in [4.69, 9.17) is 4.74 Å². The van der Waals surface area contributed by atoms with E-state index in [1.54, 1.807) is 43.5 Å². The third-order valence-corrected chi connectivity index (χ3v) is 7.65. The molecule has 0 amide bonds. The molecule has 2 aliphatic heterocycles. The number of methoxy groups -OCH3 is 1. The highest BCUT2D eigenvalue weighted by molar-refractivity contribution is 7.92. The number of benzene rings is 2. The third-order valence-electron chi connectivity index (χ3n) is 6.25. The largest absolute Gasteiger partial charge is 0.507 e. The lowest BCUT2D eigenvalue weighted by Gasteiger charge is -2.21. The lowest BCUT2D eigenvalue weighted by atomic mass is 10.1. The summed E-state index contributed by atoms with van der Waals surface area (Å²) in [5, 5.41) is 11.0. The molecule has 0 bridgehead atoms. The van der Waals surface area contributed by atoms with E-state index >= 15 is 0 Å². The fraction of sp³-hybridized carbons (Fsp3) is 0.500. The van der Waals surface area contributed by atoms with E-state index in [1.807, 2.05) is 0 Å². The Labute approximate surface area is 191 Å². The molecule has 32 heavy (non-hydrogen) atoms. The molecule has 0 spiro atoms. The van der Waals surface area contributed by atoms with Crippen molar-refractivity contribution in [3.8, 4) is 5.75 Å². The van der Waals surface area contributed by atoms with Gasteiger partial charge in [0, 0.05) is 37.0 Å². The van der Waals surface area contributed by atoms with Crippen LogP contribution in [0.25, 0.3) is 0 Å². The van der Waals surface area contributed by atoms with E-state index in [9.17, 15) is 13.5 Å². The summed E-state index contributed by atoms with van der Waals surface area (Å²) < 4.78 is 33.9. The van der Waals surface area contributed by atoms with E-state index < -0.39 is 10.0 Å². The summed E-state index contributed by atoms with van der Waals surface area (Å²) in [5.74, 6) is 0.288. The molecule has 0 unspecified atom stereocenters. The number of hydrogen-bond donors (Lipinski definition) is 2. The Kier molecular flexibility index (Phi) is 7.35. The number of rotatable bonds is 9. The van der Waals surface area contributed by atoms with E-state index in [2.05, 4.69) is 14.5 Å². The first kappa shape index (κ1) is 23.0. The van der Waals surface area contributed by atoms with Gasteiger partial charge < -0.3 is 9.84 Å². The highest BCUT2D eigenvalue weighted by Gasteiger charge is 2.21. The number of phenols is 1. The smallest absolute Gasteiger partial charge is 0.261 e. The van der Waals surface area contributed by atoms with Gasteiger partial charge in [0.1, 0.15) is 5.75 Å². The molecule has 0 radical (unpaired) electrons. The predicted octanol–water partition coefficient (Wildman–Crippen LogP) is 3.53. The summed E-state index contributed by atoms with van der Waals surface area (Å²) in [7, 11) is -2.14. The van der Waals surface area contributed by atoms with Crippen LogP contribution in [0.4, 0.5) is 5.69 Å². The number of phenolic OH excluding ortho intramolecular Hbond substituents is 1. The average molecular weight is 460 g/mol. The molecule has 0 aliphatic carbocycles. The number of anilines is 1. The minimum absolute atomic E-state index is 0.201. The van der Waals surface area contributed by atoms with Crippen molar-refractivity contribution in [1.82, 2.24) is 9.80 Å². The summed E-state index contributed by atoms with van der Waals surface area (Å²) in [5.41, 5.74) is 2.96. The molecule has 2 aromatic rings. The Morgan fingerprint density at radius 1 is 0.906 bits per heavy atom. The van der Waals surface area contributed by atoms with Crippen molar-refractivity contribution in [3.05, 3.63) is 53.1 Å². The third kappa shape index (κ3) is 5.61. The molecular weight excluding hydrogens is 426 g/mol. The molecule has 4 rings (SSSR count). The lowest BCUT2D eigenvalue weighted by molar-refractivity contribution is 0.185. The molecule has 0 saturated carbocycles. The van der Waals surface area contributed by atoms with Gasteiger partial charge >= 0.3 is 0 Å². The zero-order chi connectivity index (χ0) is 22.6. The zero-order valence-corrected chi connectivity index (χ0v) is 19.5. The number of nitrogens with one attached hydrogen (secondary N) is 1. The van der Waals surface area contributed by atoms with Gasteiger partial charge in [-0.3, -0.25) is 14.5 Å². The molecule has 0 atom stereocenters. The number of ether oxygens (including phenoxy) is 1. The van der Waals surface area contributed by atoms with Gasteiger partial charge in [-0.25, -0.2) is 8.42 Å². The minimum Gasteiger partial charge on any atom is -0.507 e. The van der Waals surface area contributed by atoms with Crippen LogP contribution in [-0.4, -0.2) is 56.6 Å². The van der Waals surface area contributed by atoms with Gasteiger partial charge in [0.2, 0.25) is 0 Å². The van der Waals surface area contributed by atoms with Gasteiger partial charge in [0.05, 0.1) is 11.5 Å². The van der Waals surface area contributed by atoms with Crippen LogP contribution in [-0.2, 0) is 34.5 Å². The van der Waals surface area contributed by atoms with Crippen LogP contribution in [0, 0.1) is 0 Å². The molecule has 2 N–H and O–H groups in total. The molecular formula is C24H33N3O4S. The van der Waals surface area contributed by atoms with Crippen molar-refractivity contribution in [2.45, 2.75) is 50.3 Å². The molecule has 174 valence electrons. The topological polar surface area (TPSA) is 82.1 Å². The van der Waals surface area contributed by atoms with Crippen LogP contribution in [0.5, 0.6) is 5.75 Å². The average Bonchev–Trinajstić information content (AvgIpc) is 3.46. The van der Waals surface area contributed by atoms with Gasteiger partial charge in [0.25, 0.3) is 10.0 Å². The van der Waals surface area contributed by atoms with Crippen molar-refractivity contribution in [1.29, 1.82) is 0 Å². The van der Waals surface area contributed by atoms with Crippen molar-refractivity contribution < 1.29 is 18.3 Å². The maximum Gasteiger partial charge on any atom is 0.261 e. The van der Waals surface area contributed by atoms with Crippen LogP contribution in [0.15, 0.2) is 41.3 Å². The first-order valence-electron chi connectivity index (χ1n) is 11.3. The maximum atomic E-state index is 13.0. The van der Waals surface area contributed by atoms with Gasteiger partial charge in [-0.15, -0.1) is 0 Å². The van der Waals surface area contributed by atoms with Crippen LogP contribution in [0.2, 0.25) is 0 Å². The highest BCUT2D eigenvalue weighted by atomic mass is 32.2. The Morgan fingerprint density at radius 2 is 1.41 bits per heavy atom. The van der Waals surface area contributed by atoms with Crippen LogP contribution < -0.4 is 4.72 Å². The van der Waals surface area contributed by atoms with E-state index in [-0.39, 0.29) is 10.6 Å². The molecule has 2 aliphatic rings. The minimum atomic E-state index is -3.75. The number of aromatic hydroxyl groups is 1. The monoisotopic (exact) mass is 459 g/mol. The van der Waals surface area contributed by atoms with Gasteiger partial charge in [0.15, 0.2) is 0 Å². The number of likely N-dealkylation sites (tertiary alicyclic amines) is 2. The van der Waals surface area contributed by atoms with E-state index in [0.29, 0.717) is 25.4 Å². The summed E-state index contributed by atoms with van der Waals surface area (Å²) in [6, 6.07) is 10.2. The summed E-state index contributed by atoms with van der Waals surface area (Å²) in [4.78, 5) is 4.82. The fourth-order valence-electron chi connectivity index (χ4n) is 4.57.